The number of thioether (sulfide) groups is 1. The monoisotopic (exact) mass is 281 g/mol. The third-order valence-corrected chi connectivity index (χ3v) is 4.85. The molecule has 19 heavy (non-hydrogen) atoms. The van der Waals surface area contributed by atoms with Crippen molar-refractivity contribution in [2.45, 2.75) is 50.6 Å². The maximum absolute atomic E-state index is 12.4. The molecule has 0 radical (unpaired) electrons. The Bertz CT molecular complexity index is 424. The van der Waals surface area contributed by atoms with Crippen LogP contribution in [0.2, 0.25) is 0 Å². The summed E-state index contributed by atoms with van der Waals surface area (Å²) in [4.78, 5) is 18.7. The van der Waals surface area contributed by atoms with E-state index in [0.717, 1.165) is 43.6 Å². The van der Waals surface area contributed by atoms with E-state index < -0.39 is 0 Å². The van der Waals surface area contributed by atoms with Gasteiger partial charge in [0.2, 0.25) is 5.91 Å². The number of likely N-dealkylation sites (tertiary alicyclic amines) is 1. The average Bonchev–Trinajstić information content (AvgIpc) is 2.86. The molecule has 0 spiro atoms. The standard InChI is InChI=1S/C14H23N3OS/c1-4-16-10-7-15-14(16)19-12(3)13(18)17-8-5-11(2)6-9-17/h7,10-12H,4-6,8-9H2,1-3H3. The first-order chi connectivity index (χ1) is 9.11. The van der Waals surface area contributed by atoms with Crippen LogP contribution in [0.1, 0.15) is 33.6 Å². The molecule has 0 saturated carbocycles. The maximum atomic E-state index is 12.4. The van der Waals surface area contributed by atoms with Gasteiger partial charge < -0.3 is 9.47 Å². The van der Waals surface area contributed by atoms with Gasteiger partial charge in [0.15, 0.2) is 5.16 Å². The Morgan fingerprint density at radius 2 is 2.21 bits per heavy atom. The quantitative estimate of drug-likeness (QED) is 0.796. The number of hydrogen-bond donors (Lipinski definition) is 0. The molecule has 1 saturated heterocycles. The molecule has 2 rings (SSSR count). The highest BCUT2D eigenvalue weighted by molar-refractivity contribution is 8.00. The van der Waals surface area contributed by atoms with Gasteiger partial charge in [-0.1, -0.05) is 18.7 Å². The van der Waals surface area contributed by atoms with Crippen LogP contribution in [0.15, 0.2) is 17.6 Å². The highest BCUT2D eigenvalue weighted by atomic mass is 32.2. The summed E-state index contributed by atoms with van der Waals surface area (Å²) in [5.74, 6) is 1.01. The number of aromatic nitrogens is 2. The van der Waals surface area contributed by atoms with Crippen LogP contribution in [-0.4, -0.2) is 38.7 Å². The van der Waals surface area contributed by atoms with Crippen molar-refractivity contribution >= 4 is 17.7 Å². The molecule has 1 aromatic heterocycles. The molecule has 2 heterocycles. The predicted molar refractivity (Wildman–Crippen MR) is 78.2 cm³/mol. The first-order valence-electron chi connectivity index (χ1n) is 7.08. The van der Waals surface area contributed by atoms with Gasteiger partial charge in [0.1, 0.15) is 0 Å². The van der Waals surface area contributed by atoms with E-state index >= 15 is 0 Å². The van der Waals surface area contributed by atoms with Crippen LogP contribution in [0.5, 0.6) is 0 Å². The highest BCUT2D eigenvalue weighted by Gasteiger charge is 2.25. The Balaban J connectivity index is 1.92. The van der Waals surface area contributed by atoms with Crippen molar-refractivity contribution in [1.82, 2.24) is 14.5 Å². The zero-order valence-corrected chi connectivity index (χ0v) is 12.8. The molecule has 1 fully saturated rings. The van der Waals surface area contributed by atoms with E-state index in [-0.39, 0.29) is 11.2 Å². The number of piperidine rings is 1. The fourth-order valence-electron chi connectivity index (χ4n) is 2.35. The second kappa shape index (κ2) is 6.46. The number of rotatable bonds is 4. The number of amides is 1. The van der Waals surface area contributed by atoms with Crippen molar-refractivity contribution < 1.29 is 4.79 Å². The molecule has 106 valence electrons. The lowest BCUT2D eigenvalue weighted by atomic mass is 9.99. The molecular weight excluding hydrogens is 258 g/mol. The second-order valence-electron chi connectivity index (χ2n) is 5.26. The molecule has 0 bridgehead atoms. The molecule has 1 aromatic rings. The van der Waals surface area contributed by atoms with Crippen molar-refractivity contribution in [3.8, 4) is 0 Å². The molecule has 1 unspecified atom stereocenters. The molecule has 0 aromatic carbocycles. The van der Waals surface area contributed by atoms with Gasteiger partial charge in [-0.3, -0.25) is 4.79 Å². The van der Waals surface area contributed by atoms with Crippen LogP contribution in [0.25, 0.3) is 0 Å². The number of aryl methyl sites for hydroxylation is 1. The molecule has 0 aliphatic carbocycles. The Kier molecular flexibility index (Phi) is 4.91. The lowest BCUT2D eigenvalue weighted by Gasteiger charge is -2.32. The fraction of sp³-hybridized carbons (Fsp3) is 0.714. The summed E-state index contributed by atoms with van der Waals surface area (Å²) in [7, 11) is 0. The smallest absolute Gasteiger partial charge is 0.235 e. The summed E-state index contributed by atoms with van der Waals surface area (Å²) in [6.07, 6.45) is 6.02. The Hall–Kier alpha value is -0.970. The van der Waals surface area contributed by atoms with E-state index in [1.54, 1.807) is 18.0 Å². The van der Waals surface area contributed by atoms with Crippen LogP contribution in [0.4, 0.5) is 0 Å². The van der Waals surface area contributed by atoms with E-state index in [2.05, 4.69) is 23.4 Å². The minimum absolute atomic E-state index is 0.0545. The van der Waals surface area contributed by atoms with Gasteiger partial charge in [0.05, 0.1) is 5.25 Å². The molecule has 1 aliphatic heterocycles. The normalized spacial score (nSPS) is 18.6. The molecule has 1 aliphatic rings. The number of hydrogen-bond acceptors (Lipinski definition) is 3. The molecule has 1 amide bonds. The minimum atomic E-state index is -0.0545. The van der Waals surface area contributed by atoms with Crippen molar-refractivity contribution in [3.05, 3.63) is 12.4 Å². The molecule has 4 nitrogen and oxygen atoms in total. The second-order valence-corrected chi connectivity index (χ2v) is 6.57. The molecule has 0 N–H and O–H groups in total. The van der Waals surface area contributed by atoms with Gasteiger partial charge in [-0.15, -0.1) is 0 Å². The summed E-state index contributed by atoms with van der Waals surface area (Å²) in [6, 6.07) is 0. The first-order valence-corrected chi connectivity index (χ1v) is 7.96. The van der Waals surface area contributed by atoms with E-state index in [1.807, 2.05) is 18.0 Å². The summed E-state index contributed by atoms with van der Waals surface area (Å²) >= 11 is 1.56. The van der Waals surface area contributed by atoms with Gasteiger partial charge >= 0.3 is 0 Å². The average molecular weight is 281 g/mol. The van der Waals surface area contributed by atoms with E-state index in [1.165, 1.54) is 0 Å². The highest BCUT2D eigenvalue weighted by Crippen LogP contribution is 2.25. The van der Waals surface area contributed by atoms with Gasteiger partial charge in [0.25, 0.3) is 0 Å². The SMILES string of the molecule is CCn1ccnc1SC(C)C(=O)N1CCC(C)CC1. The van der Waals surface area contributed by atoms with Crippen molar-refractivity contribution in [1.29, 1.82) is 0 Å². The lowest BCUT2D eigenvalue weighted by Crippen LogP contribution is -2.41. The van der Waals surface area contributed by atoms with Crippen molar-refractivity contribution in [2.75, 3.05) is 13.1 Å². The van der Waals surface area contributed by atoms with Crippen LogP contribution < -0.4 is 0 Å². The summed E-state index contributed by atoms with van der Waals surface area (Å²) in [6.45, 7) is 9.05. The number of carbonyl (C=O) groups excluding carboxylic acids is 1. The van der Waals surface area contributed by atoms with Gasteiger partial charge in [-0.25, -0.2) is 4.98 Å². The van der Waals surface area contributed by atoms with E-state index in [9.17, 15) is 4.79 Å². The van der Waals surface area contributed by atoms with Gasteiger partial charge in [-0.2, -0.15) is 0 Å². The number of carbonyl (C=O) groups is 1. The maximum Gasteiger partial charge on any atom is 0.235 e. The molecule has 1 atom stereocenters. The zero-order chi connectivity index (χ0) is 13.8. The van der Waals surface area contributed by atoms with E-state index in [0.29, 0.717) is 0 Å². The number of nitrogens with zero attached hydrogens (tertiary/aromatic N) is 3. The predicted octanol–water partition coefficient (Wildman–Crippen LogP) is 2.64. The van der Waals surface area contributed by atoms with Crippen LogP contribution >= 0.6 is 11.8 Å². The van der Waals surface area contributed by atoms with Crippen molar-refractivity contribution in [3.63, 3.8) is 0 Å². The Labute approximate surface area is 119 Å². The largest absolute Gasteiger partial charge is 0.342 e. The zero-order valence-electron chi connectivity index (χ0n) is 12.0. The first kappa shape index (κ1) is 14.4. The summed E-state index contributed by atoms with van der Waals surface area (Å²) in [5.41, 5.74) is 0. The molecular formula is C14H23N3OS. The third kappa shape index (κ3) is 3.53. The third-order valence-electron chi connectivity index (χ3n) is 3.74. The minimum Gasteiger partial charge on any atom is -0.342 e. The number of imidazole rings is 1. The topological polar surface area (TPSA) is 38.1 Å². The molecule has 5 heteroatoms. The van der Waals surface area contributed by atoms with Crippen LogP contribution in [-0.2, 0) is 11.3 Å². The van der Waals surface area contributed by atoms with Crippen LogP contribution in [0, 0.1) is 5.92 Å². The summed E-state index contributed by atoms with van der Waals surface area (Å²) < 4.78 is 2.08. The van der Waals surface area contributed by atoms with Crippen LogP contribution in [0.3, 0.4) is 0 Å². The lowest BCUT2D eigenvalue weighted by molar-refractivity contribution is -0.131. The van der Waals surface area contributed by atoms with Crippen molar-refractivity contribution in [2.24, 2.45) is 5.92 Å². The van der Waals surface area contributed by atoms with E-state index in [4.69, 9.17) is 0 Å². The van der Waals surface area contributed by atoms with Gasteiger partial charge in [-0.05, 0) is 32.6 Å². The summed E-state index contributed by atoms with van der Waals surface area (Å²) in [5, 5.41) is 0.884. The Morgan fingerprint density at radius 3 is 2.84 bits per heavy atom. The Morgan fingerprint density at radius 1 is 1.53 bits per heavy atom. The fourth-order valence-corrected chi connectivity index (χ4v) is 3.36. The van der Waals surface area contributed by atoms with Gasteiger partial charge in [0, 0.05) is 32.0 Å².